The maximum Gasteiger partial charge on any atom is 0.424 e. The van der Waals surface area contributed by atoms with Crippen LogP contribution in [0.4, 0.5) is 4.79 Å². The Kier molecular flexibility index (Phi) is 6.47. The highest BCUT2D eigenvalue weighted by molar-refractivity contribution is 5.82. The predicted octanol–water partition coefficient (Wildman–Crippen LogP) is 2.41. The van der Waals surface area contributed by atoms with Gasteiger partial charge >= 0.3 is 11.9 Å². The monoisotopic (exact) mass is 396 g/mol. The number of aliphatic hydroxyl groups excluding tert-OH is 1. The van der Waals surface area contributed by atoms with Crippen LogP contribution in [-0.4, -0.2) is 66.3 Å². The van der Waals surface area contributed by atoms with E-state index in [1.807, 2.05) is 30.3 Å². The molecule has 3 aliphatic rings. The summed E-state index contributed by atoms with van der Waals surface area (Å²) in [6, 6.07) is 17.5. The molecular weight excluding hydrogens is 366 g/mol. The summed E-state index contributed by atoms with van der Waals surface area (Å²) in [7, 11) is 3.20. The lowest BCUT2D eigenvalue weighted by Gasteiger charge is -2.37. The molecule has 4 rings (SSSR count). The maximum atomic E-state index is 12.5. The fourth-order valence-electron chi connectivity index (χ4n) is 3.86. The number of aliphatic hydroxyl groups is 1. The smallest absolute Gasteiger partial charge is 0.392 e. The summed E-state index contributed by atoms with van der Waals surface area (Å²) in [4.78, 5) is 27.0. The standard InChI is InChI=1S/C17H25N3O3.C6H4/c1-13(21)20(3,17(23)18-2)16(14-7-5-4-6-8-14)12-19-10-9-15(22)11-19;1-2-6-4-3-5(1)6/h4-8,15-16,22H,9-12H2,1-3H3;1-4H/p+1. The number of nitrogens with zero attached hydrogens (tertiary/aromatic N) is 2. The maximum absolute atomic E-state index is 12.5. The van der Waals surface area contributed by atoms with E-state index < -0.39 is 0 Å². The molecule has 0 aromatic heterocycles. The molecule has 3 unspecified atom stereocenters. The molecule has 3 amide bonds. The van der Waals surface area contributed by atoms with Gasteiger partial charge in [-0.25, -0.2) is 9.59 Å². The zero-order valence-corrected chi connectivity index (χ0v) is 17.3. The van der Waals surface area contributed by atoms with E-state index in [0.29, 0.717) is 13.1 Å². The SMILES string of the molecule is CNC(=O)[N+](C)(C(C)=O)C(CN1CCC(O)C1)c1ccccc1.c1cc2ccc1=2. The van der Waals surface area contributed by atoms with Gasteiger partial charge in [0.05, 0.1) is 26.6 Å². The van der Waals surface area contributed by atoms with Gasteiger partial charge in [0.1, 0.15) is 6.04 Å². The van der Waals surface area contributed by atoms with Crippen LogP contribution < -0.4 is 5.32 Å². The Bertz CT molecular complexity index is 913. The molecular formula is C23H30N3O3+. The first-order valence-corrected chi connectivity index (χ1v) is 10.0. The lowest BCUT2D eigenvalue weighted by molar-refractivity contribution is -0.786. The Labute approximate surface area is 171 Å². The second-order valence-corrected chi connectivity index (χ2v) is 7.86. The minimum atomic E-state index is -0.340. The molecule has 6 heteroatoms. The van der Waals surface area contributed by atoms with Crippen LogP contribution >= 0.6 is 0 Å². The van der Waals surface area contributed by atoms with Crippen LogP contribution in [0, 0.1) is 10.4 Å². The number of quaternary nitrogens is 1. The van der Waals surface area contributed by atoms with Gasteiger partial charge < -0.3 is 10.4 Å². The van der Waals surface area contributed by atoms with Gasteiger partial charge in [0.25, 0.3) is 0 Å². The summed E-state index contributed by atoms with van der Waals surface area (Å²) in [5.41, 5.74) is 0.940. The summed E-state index contributed by atoms with van der Waals surface area (Å²) < 4.78 is -0.340. The third-order valence-corrected chi connectivity index (χ3v) is 5.99. The predicted molar refractivity (Wildman–Crippen MR) is 112 cm³/mol. The number of hydrogen-bond acceptors (Lipinski definition) is 4. The second-order valence-electron chi connectivity index (χ2n) is 7.86. The van der Waals surface area contributed by atoms with Gasteiger partial charge in [0.2, 0.25) is 0 Å². The molecule has 29 heavy (non-hydrogen) atoms. The average molecular weight is 397 g/mol. The highest BCUT2D eigenvalue weighted by Gasteiger charge is 2.46. The van der Waals surface area contributed by atoms with E-state index >= 15 is 0 Å². The van der Waals surface area contributed by atoms with Crippen LogP contribution in [0.1, 0.15) is 24.9 Å². The first-order valence-electron chi connectivity index (χ1n) is 10.0. The van der Waals surface area contributed by atoms with E-state index in [9.17, 15) is 14.7 Å². The molecule has 2 N–H and O–H groups in total. The van der Waals surface area contributed by atoms with Crippen molar-refractivity contribution in [2.75, 3.05) is 33.7 Å². The fraction of sp³-hybridized carbons (Fsp3) is 0.391. The molecule has 3 atom stereocenters. The minimum absolute atomic E-state index is 0.210. The summed E-state index contributed by atoms with van der Waals surface area (Å²) in [5, 5.41) is 15.2. The molecule has 6 nitrogen and oxygen atoms in total. The fourth-order valence-corrected chi connectivity index (χ4v) is 3.86. The lowest BCUT2D eigenvalue weighted by Crippen LogP contribution is -2.60. The van der Waals surface area contributed by atoms with E-state index in [1.165, 1.54) is 17.4 Å². The number of rotatable bonds is 4. The van der Waals surface area contributed by atoms with Crippen LogP contribution in [0.5, 0.6) is 0 Å². The molecule has 1 heterocycles. The largest absolute Gasteiger partial charge is 0.424 e. The molecule has 154 valence electrons. The molecule has 0 radical (unpaired) electrons. The highest BCUT2D eigenvalue weighted by Crippen LogP contribution is 2.30. The van der Waals surface area contributed by atoms with Gasteiger partial charge in [0.15, 0.2) is 0 Å². The van der Waals surface area contributed by atoms with E-state index in [4.69, 9.17) is 0 Å². The van der Waals surface area contributed by atoms with Crippen molar-refractivity contribution < 1.29 is 19.2 Å². The zero-order valence-electron chi connectivity index (χ0n) is 17.3. The number of imide groups is 1. The van der Waals surface area contributed by atoms with Gasteiger partial charge in [-0.15, -0.1) is 0 Å². The van der Waals surface area contributed by atoms with Gasteiger partial charge in [-0.3, -0.25) is 4.90 Å². The zero-order chi connectivity index (χ0) is 21.0. The van der Waals surface area contributed by atoms with Crippen molar-refractivity contribution in [1.82, 2.24) is 10.2 Å². The molecule has 1 aliphatic heterocycles. The number of carbonyl (C=O) groups excluding carboxylic acids is 2. The Morgan fingerprint density at radius 3 is 2.10 bits per heavy atom. The second kappa shape index (κ2) is 8.86. The molecule has 1 aromatic rings. The van der Waals surface area contributed by atoms with Crippen molar-refractivity contribution in [3.05, 3.63) is 70.6 Å². The minimum Gasteiger partial charge on any atom is -0.392 e. The molecule has 2 aliphatic carbocycles. The number of likely N-dealkylation sites (N-methyl/N-ethyl adjacent to an activating group) is 1. The van der Waals surface area contributed by atoms with Crippen LogP contribution in [-0.2, 0) is 4.79 Å². The van der Waals surface area contributed by atoms with Crippen molar-refractivity contribution in [2.45, 2.75) is 25.5 Å². The van der Waals surface area contributed by atoms with E-state index in [1.54, 1.807) is 14.1 Å². The Morgan fingerprint density at radius 2 is 1.72 bits per heavy atom. The highest BCUT2D eigenvalue weighted by atomic mass is 16.3. The van der Waals surface area contributed by atoms with Crippen LogP contribution in [0.25, 0.3) is 0 Å². The van der Waals surface area contributed by atoms with Crippen molar-refractivity contribution in [3.8, 4) is 0 Å². The van der Waals surface area contributed by atoms with E-state index in [2.05, 4.69) is 34.5 Å². The first kappa shape index (κ1) is 21.2. The van der Waals surface area contributed by atoms with Gasteiger partial charge in [0, 0.05) is 25.7 Å². The number of carbonyl (C=O) groups is 2. The molecule has 0 bridgehead atoms. The number of hydrogen-bond donors (Lipinski definition) is 2. The summed E-state index contributed by atoms with van der Waals surface area (Å²) in [6.45, 7) is 3.35. The number of urea groups is 1. The van der Waals surface area contributed by atoms with Gasteiger partial charge in [-0.2, -0.15) is 4.48 Å². The number of amides is 3. The Morgan fingerprint density at radius 1 is 1.14 bits per heavy atom. The van der Waals surface area contributed by atoms with Gasteiger partial charge in [-0.1, -0.05) is 54.6 Å². The van der Waals surface area contributed by atoms with Crippen molar-refractivity contribution in [1.29, 1.82) is 0 Å². The topological polar surface area (TPSA) is 69.6 Å². The Hall–Kier alpha value is -2.54. The lowest BCUT2D eigenvalue weighted by atomic mass is 10.0. The Balaban J connectivity index is 0.000000334. The van der Waals surface area contributed by atoms with E-state index in [0.717, 1.165) is 18.5 Å². The van der Waals surface area contributed by atoms with Crippen LogP contribution in [0.2, 0.25) is 0 Å². The molecule has 1 saturated heterocycles. The third-order valence-electron chi connectivity index (χ3n) is 5.99. The molecule has 1 fully saturated rings. The van der Waals surface area contributed by atoms with Gasteiger partial charge in [-0.05, 0) is 16.9 Å². The van der Waals surface area contributed by atoms with Crippen LogP contribution in [0.15, 0.2) is 54.6 Å². The third kappa shape index (κ3) is 4.40. The normalized spacial score (nSPS) is 20.1. The van der Waals surface area contributed by atoms with Crippen molar-refractivity contribution in [2.24, 2.45) is 0 Å². The first-order chi connectivity index (χ1) is 13.9. The number of β-amino-alcohol motifs (C(OH)–C–C–N with tert-alkyl or cyclic N) is 1. The number of nitrogens with one attached hydrogen (secondary N) is 1. The molecule has 1 aromatic carbocycles. The number of benzene rings is 2. The molecule has 0 saturated carbocycles. The van der Waals surface area contributed by atoms with Crippen molar-refractivity contribution >= 4 is 11.9 Å². The summed E-state index contributed by atoms with van der Waals surface area (Å²) >= 11 is 0. The number of likely N-dealkylation sites (tertiary alicyclic amines) is 1. The van der Waals surface area contributed by atoms with E-state index in [-0.39, 0.29) is 28.6 Å². The van der Waals surface area contributed by atoms with Crippen LogP contribution in [0.3, 0.4) is 0 Å². The quantitative estimate of drug-likeness (QED) is 0.665. The molecule has 0 spiro atoms. The average Bonchev–Trinajstić information content (AvgIpc) is 3.13. The summed E-state index contributed by atoms with van der Waals surface area (Å²) in [6.07, 6.45) is 0.396. The van der Waals surface area contributed by atoms with Crippen molar-refractivity contribution in [3.63, 3.8) is 0 Å². The summed E-state index contributed by atoms with van der Waals surface area (Å²) in [5.74, 6) is -0.210.